The Hall–Kier alpha value is -0.990. The lowest BCUT2D eigenvalue weighted by atomic mass is 10.2. The molecule has 10 heavy (non-hydrogen) atoms. The van der Waals surface area contributed by atoms with Gasteiger partial charge in [-0.25, -0.2) is 4.98 Å². The van der Waals surface area contributed by atoms with Crippen molar-refractivity contribution in [1.82, 2.24) is 15.2 Å². The zero-order valence-electron chi connectivity index (χ0n) is 6.50. The molecule has 0 saturated carbocycles. The first kappa shape index (κ1) is 7.12. The molecular formula is C7H11N3. The smallest absolute Gasteiger partial charge is 0.153 e. The van der Waals surface area contributed by atoms with E-state index in [2.05, 4.69) is 15.2 Å². The van der Waals surface area contributed by atoms with Gasteiger partial charge in [-0.1, -0.05) is 13.8 Å². The van der Waals surface area contributed by atoms with Crippen molar-refractivity contribution in [3.63, 3.8) is 0 Å². The molecule has 0 aliphatic rings. The average molecular weight is 137 g/mol. The monoisotopic (exact) mass is 137 g/mol. The van der Waals surface area contributed by atoms with Gasteiger partial charge in [-0.3, -0.25) is 0 Å². The number of nitrogens with zero attached hydrogens (tertiary/aromatic N) is 3. The number of hydrogen-bond acceptors (Lipinski definition) is 3. The minimum Gasteiger partial charge on any atom is -0.237 e. The summed E-state index contributed by atoms with van der Waals surface area (Å²) in [6, 6.07) is 0. The number of aryl methyl sites for hydroxylation is 1. The van der Waals surface area contributed by atoms with Crippen LogP contribution in [0.3, 0.4) is 0 Å². The Bertz CT molecular complexity index is 203. The fourth-order valence-corrected chi connectivity index (χ4v) is 0.606. The zero-order chi connectivity index (χ0) is 7.56. The van der Waals surface area contributed by atoms with Gasteiger partial charge in [0.1, 0.15) is 0 Å². The van der Waals surface area contributed by atoms with Crippen molar-refractivity contribution < 1.29 is 0 Å². The highest BCUT2D eigenvalue weighted by atomic mass is 15.1. The summed E-state index contributed by atoms with van der Waals surface area (Å²) in [7, 11) is 0. The first-order valence-electron chi connectivity index (χ1n) is 3.36. The van der Waals surface area contributed by atoms with E-state index in [1.165, 1.54) is 0 Å². The number of hydrogen-bond donors (Lipinski definition) is 0. The SMILES string of the molecule is Cc1cnc(C(C)C)nn1. The summed E-state index contributed by atoms with van der Waals surface area (Å²) in [5.74, 6) is 1.18. The third-order valence-corrected chi connectivity index (χ3v) is 1.21. The highest BCUT2D eigenvalue weighted by molar-refractivity contribution is 4.94. The van der Waals surface area contributed by atoms with Crippen molar-refractivity contribution in [2.75, 3.05) is 0 Å². The summed E-state index contributed by atoms with van der Waals surface area (Å²) in [5.41, 5.74) is 0.865. The summed E-state index contributed by atoms with van der Waals surface area (Å²) in [6.07, 6.45) is 1.74. The Morgan fingerprint density at radius 2 is 2.00 bits per heavy atom. The summed E-state index contributed by atoms with van der Waals surface area (Å²) in [4.78, 5) is 4.10. The molecule has 1 rings (SSSR count). The third-order valence-electron chi connectivity index (χ3n) is 1.21. The molecule has 0 fully saturated rings. The van der Waals surface area contributed by atoms with Crippen LogP contribution in [0.1, 0.15) is 31.3 Å². The maximum Gasteiger partial charge on any atom is 0.153 e. The van der Waals surface area contributed by atoms with Crippen LogP contribution in [0, 0.1) is 6.92 Å². The Morgan fingerprint density at radius 3 is 2.40 bits per heavy atom. The quantitative estimate of drug-likeness (QED) is 0.585. The molecule has 0 bridgehead atoms. The second-order valence-corrected chi connectivity index (χ2v) is 2.61. The van der Waals surface area contributed by atoms with Gasteiger partial charge in [-0.15, -0.1) is 5.10 Å². The van der Waals surface area contributed by atoms with E-state index in [0.29, 0.717) is 5.92 Å². The maximum atomic E-state index is 4.10. The third kappa shape index (κ3) is 1.50. The van der Waals surface area contributed by atoms with E-state index in [0.717, 1.165) is 11.5 Å². The Balaban J connectivity index is 2.89. The van der Waals surface area contributed by atoms with E-state index in [9.17, 15) is 0 Å². The van der Waals surface area contributed by atoms with E-state index < -0.39 is 0 Å². The zero-order valence-corrected chi connectivity index (χ0v) is 6.50. The van der Waals surface area contributed by atoms with Gasteiger partial charge in [0.05, 0.1) is 11.9 Å². The van der Waals surface area contributed by atoms with E-state index in [1.54, 1.807) is 6.20 Å². The molecule has 0 aromatic carbocycles. The summed E-state index contributed by atoms with van der Waals surface area (Å²) in [6.45, 7) is 5.98. The number of rotatable bonds is 1. The van der Waals surface area contributed by atoms with Crippen molar-refractivity contribution in [1.29, 1.82) is 0 Å². The van der Waals surface area contributed by atoms with E-state index in [-0.39, 0.29) is 0 Å². The van der Waals surface area contributed by atoms with E-state index >= 15 is 0 Å². The van der Waals surface area contributed by atoms with Crippen LogP contribution in [-0.4, -0.2) is 15.2 Å². The second-order valence-electron chi connectivity index (χ2n) is 2.61. The first-order chi connectivity index (χ1) is 4.70. The molecule has 0 spiro atoms. The molecule has 3 heteroatoms. The Labute approximate surface area is 60.5 Å². The largest absolute Gasteiger partial charge is 0.237 e. The average Bonchev–Trinajstić information content (AvgIpc) is 1.88. The van der Waals surface area contributed by atoms with Crippen LogP contribution >= 0.6 is 0 Å². The highest BCUT2D eigenvalue weighted by Crippen LogP contribution is 2.05. The molecule has 0 aliphatic carbocycles. The molecule has 3 nitrogen and oxygen atoms in total. The van der Waals surface area contributed by atoms with Gasteiger partial charge in [0, 0.05) is 5.92 Å². The van der Waals surface area contributed by atoms with Gasteiger partial charge in [-0.05, 0) is 6.92 Å². The topological polar surface area (TPSA) is 38.7 Å². The molecule has 54 valence electrons. The molecule has 1 heterocycles. The van der Waals surface area contributed by atoms with Crippen molar-refractivity contribution in [2.24, 2.45) is 0 Å². The first-order valence-corrected chi connectivity index (χ1v) is 3.36. The van der Waals surface area contributed by atoms with Gasteiger partial charge in [0.25, 0.3) is 0 Å². The number of aromatic nitrogens is 3. The van der Waals surface area contributed by atoms with Crippen LogP contribution < -0.4 is 0 Å². The predicted molar refractivity (Wildman–Crippen MR) is 38.7 cm³/mol. The van der Waals surface area contributed by atoms with Gasteiger partial charge >= 0.3 is 0 Å². The lowest BCUT2D eigenvalue weighted by Gasteiger charge is -1.99. The highest BCUT2D eigenvalue weighted by Gasteiger charge is 2.00. The fraction of sp³-hybridized carbons (Fsp3) is 0.571. The molecule has 1 aromatic heterocycles. The van der Waals surface area contributed by atoms with Crippen LogP contribution in [0.15, 0.2) is 6.20 Å². The van der Waals surface area contributed by atoms with Crippen LogP contribution in [-0.2, 0) is 0 Å². The predicted octanol–water partition coefficient (Wildman–Crippen LogP) is 1.30. The molecule has 0 aliphatic heterocycles. The molecule has 0 radical (unpaired) electrons. The molecular weight excluding hydrogens is 126 g/mol. The van der Waals surface area contributed by atoms with Gasteiger partial charge in [0.2, 0.25) is 0 Å². The van der Waals surface area contributed by atoms with Crippen molar-refractivity contribution in [3.05, 3.63) is 17.7 Å². The molecule has 0 atom stereocenters. The Kier molecular flexibility index (Phi) is 1.94. The lowest BCUT2D eigenvalue weighted by Crippen LogP contribution is -1.99. The Morgan fingerprint density at radius 1 is 1.30 bits per heavy atom. The standard InChI is InChI=1S/C7H11N3/c1-5(2)7-8-4-6(3)9-10-7/h4-5H,1-3H3. The van der Waals surface area contributed by atoms with Crippen LogP contribution in [0.4, 0.5) is 0 Å². The second kappa shape index (κ2) is 2.73. The summed E-state index contributed by atoms with van der Waals surface area (Å²) < 4.78 is 0. The fourth-order valence-electron chi connectivity index (χ4n) is 0.606. The van der Waals surface area contributed by atoms with Crippen molar-refractivity contribution in [3.8, 4) is 0 Å². The molecule has 0 N–H and O–H groups in total. The van der Waals surface area contributed by atoms with Gasteiger partial charge in [0.15, 0.2) is 5.82 Å². The molecule has 0 amide bonds. The summed E-state index contributed by atoms with van der Waals surface area (Å²) in [5, 5.41) is 7.80. The van der Waals surface area contributed by atoms with E-state index in [1.807, 2.05) is 20.8 Å². The van der Waals surface area contributed by atoms with Gasteiger partial charge < -0.3 is 0 Å². The molecule has 0 saturated heterocycles. The molecule has 0 unspecified atom stereocenters. The maximum absolute atomic E-state index is 4.10. The minimum absolute atomic E-state index is 0.369. The van der Waals surface area contributed by atoms with Crippen LogP contribution in [0.25, 0.3) is 0 Å². The van der Waals surface area contributed by atoms with Crippen LogP contribution in [0.2, 0.25) is 0 Å². The van der Waals surface area contributed by atoms with Crippen molar-refractivity contribution in [2.45, 2.75) is 26.7 Å². The lowest BCUT2D eigenvalue weighted by molar-refractivity contribution is 0.726. The van der Waals surface area contributed by atoms with Crippen molar-refractivity contribution >= 4 is 0 Å². The van der Waals surface area contributed by atoms with Gasteiger partial charge in [-0.2, -0.15) is 5.10 Å². The summed E-state index contributed by atoms with van der Waals surface area (Å²) >= 11 is 0. The van der Waals surface area contributed by atoms with Crippen LogP contribution in [0.5, 0.6) is 0 Å². The molecule has 1 aromatic rings. The van der Waals surface area contributed by atoms with E-state index in [4.69, 9.17) is 0 Å². The minimum atomic E-state index is 0.369. The normalized spacial score (nSPS) is 10.4.